The van der Waals surface area contributed by atoms with Crippen LogP contribution in [0.25, 0.3) is 10.9 Å². The zero-order valence-electron chi connectivity index (χ0n) is 10.8. The minimum Gasteiger partial charge on any atom is -0.480 e. The molecule has 104 valence electrons. The van der Waals surface area contributed by atoms with Crippen molar-refractivity contribution >= 4 is 22.8 Å². The van der Waals surface area contributed by atoms with Gasteiger partial charge in [-0.1, -0.05) is 18.9 Å². The van der Waals surface area contributed by atoms with Crippen molar-refractivity contribution in [3.8, 4) is 0 Å². The summed E-state index contributed by atoms with van der Waals surface area (Å²) in [7, 11) is 0. The van der Waals surface area contributed by atoms with Crippen LogP contribution in [0.2, 0.25) is 0 Å². The van der Waals surface area contributed by atoms with Gasteiger partial charge in [-0.25, -0.2) is 4.79 Å². The molecule has 3 N–H and O–H groups in total. The van der Waals surface area contributed by atoms with Crippen LogP contribution in [-0.4, -0.2) is 32.7 Å². The standard InChI is InChI=1S/C14H15N3O3/c18-12(16-14(13(19)20)5-1-2-6-14)9-3-4-10-8-15-17-11(10)7-9/h3-4,7-8H,1-2,5-6H2,(H,15,17)(H,16,18)(H,19,20). The number of rotatable bonds is 3. The first-order valence-corrected chi connectivity index (χ1v) is 6.60. The minimum absolute atomic E-state index is 0.356. The highest BCUT2D eigenvalue weighted by atomic mass is 16.4. The summed E-state index contributed by atoms with van der Waals surface area (Å²) in [5.74, 6) is -1.31. The summed E-state index contributed by atoms with van der Waals surface area (Å²) in [6.07, 6.45) is 4.30. The molecule has 1 saturated carbocycles. The number of aromatic nitrogens is 2. The van der Waals surface area contributed by atoms with Crippen LogP contribution in [-0.2, 0) is 4.79 Å². The third kappa shape index (κ3) is 2.03. The Hall–Kier alpha value is -2.37. The number of hydrogen-bond donors (Lipinski definition) is 3. The van der Waals surface area contributed by atoms with Crippen molar-refractivity contribution in [2.24, 2.45) is 0 Å². The van der Waals surface area contributed by atoms with Gasteiger partial charge in [-0.15, -0.1) is 0 Å². The van der Waals surface area contributed by atoms with Gasteiger partial charge in [-0.05, 0) is 25.0 Å². The van der Waals surface area contributed by atoms with Gasteiger partial charge in [0, 0.05) is 10.9 Å². The summed E-state index contributed by atoms with van der Waals surface area (Å²) in [5.41, 5.74) is 0.0859. The van der Waals surface area contributed by atoms with Crippen LogP contribution in [0.4, 0.5) is 0 Å². The molecule has 2 aromatic rings. The van der Waals surface area contributed by atoms with Crippen molar-refractivity contribution < 1.29 is 14.7 Å². The van der Waals surface area contributed by atoms with E-state index in [1.807, 2.05) is 0 Å². The lowest BCUT2D eigenvalue weighted by Crippen LogP contribution is -2.52. The van der Waals surface area contributed by atoms with Gasteiger partial charge in [0.1, 0.15) is 5.54 Å². The number of nitrogens with zero attached hydrogens (tertiary/aromatic N) is 1. The summed E-state index contributed by atoms with van der Waals surface area (Å²) in [6.45, 7) is 0. The predicted molar refractivity (Wildman–Crippen MR) is 72.4 cm³/mol. The Morgan fingerprint density at radius 3 is 2.75 bits per heavy atom. The molecule has 0 bridgehead atoms. The van der Waals surface area contributed by atoms with Crippen LogP contribution in [0, 0.1) is 0 Å². The molecule has 3 rings (SSSR count). The molecule has 1 aromatic heterocycles. The highest BCUT2D eigenvalue weighted by molar-refractivity contribution is 6.00. The summed E-state index contributed by atoms with van der Waals surface area (Å²) in [5, 5.41) is 19.7. The lowest BCUT2D eigenvalue weighted by atomic mass is 9.97. The fourth-order valence-electron chi connectivity index (χ4n) is 2.74. The maximum absolute atomic E-state index is 12.3. The minimum atomic E-state index is -1.11. The van der Waals surface area contributed by atoms with Gasteiger partial charge in [0.2, 0.25) is 0 Å². The van der Waals surface area contributed by atoms with Gasteiger partial charge >= 0.3 is 5.97 Å². The molecule has 1 amide bonds. The zero-order chi connectivity index (χ0) is 14.2. The Balaban J connectivity index is 1.86. The third-order valence-corrected chi connectivity index (χ3v) is 3.92. The van der Waals surface area contributed by atoms with E-state index in [9.17, 15) is 14.7 Å². The number of carboxylic acid groups (broad SMARTS) is 1. The van der Waals surface area contributed by atoms with E-state index in [1.165, 1.54) is 0 Å². The van der Waals surface area contributed by atoms with Gasteiger partial charge in [0.25, 0.3) is 5.91 Å². The lowest BCUT2D eigenvalue weighted by molar-refractivity contribution is -0.144. The Bertz CT molecular complexity index is 671. The van der Waals surface area contributed by atoms with Gasteiger partial charge in [-0.2, -0.15) is 5.10 Å². The molecule has 1 aliphatic carbocycles. The second-order valence-electron chi connectivity index (χ2n) is 5.22. The second kappa shape index (κ2) is 4.63. The summed E-state index contributed by atoms with van der Waals surface area (Å²) in [6, 6.07) is 5.15. The van der Waals surface area contributed by atoms with E-state index in [2.05, 4.69) is 15.5 Å². The predicted octanol–water partition coefficient (Wildman–Crippen LogP) is 1.69. The molecule has 0 radical (unpaired) electrons. The zero-order valence-corrected chi connectivity index (χ0v) is 10.8. The monoisotopic (exact) mass is 273 g/mol. The molecule has 6 nitrogen and oxygen atoms in total. The number of carboxylic acids is 1. The van der Waals surface area contributed by atoms with Gasteiger partial charge < -0.3 is 10.4 Å². The number of H-pyrrole nitrogens is 1. The highest BCUT2D eigenvalue weighted by Crippen LogP contribution is 2.30. The van der Waals surface area contributed by atoms with E-state index in [-0.39, 0.29) is 5.91 Å². The van der Waals surface area contributed by atoms with Crippen molar-refractivity contribution in [2.45, 2.75) is 31.2 Å². The maximum Gasteiger partial charge on any atom is 0.329 e. The van der Waals surface area contributed by atoms with Crippen molar-refractivity contribution in [3.05, 3.63) is 30.0 Å². The van der Waals surface area contributed by atoms with Crippen LogP contribution in [0.5, 0.6) is 0 Å². The Morgan fingerprint density at radius 2 is 2.05 bits per heavy atom. The van der Waals surface area contributed by atoms with Crippen LogP contribution in [0.3, 0.4) is 0 Å². The molecule has 20 heavy (non-hydrogen) atoms. The fourth-order valence-corrected chi connectivity index (χ4v) is 2.74. The quantitative estimate of drug-likeness (QED) is 0.793. The molecule has 1 fully saturated rings. The molecule has 0 saturated heterocycles. The molecule has 1 aliphatic rings. The van der Waals surface area contributed by atoms with Crippen molar-refractivity contribution in [1.29, 1.82) is 0 Å². The van der Waals surface area contributed by atoms with E-state index < -0.39 is 11.5 Å². The number of carbonyl (C=O) groups excluding carboxylic acids is 1. The number of aliphatic carboxylic acids is 1. The Kier molecular flexibility index (Phi) is 2.93. The van der Waals surface area contributed by atoms with Gasteiger partial charge in [0.15, 0.2) is 0 Å². The molecular formula is C14H15N3O3. The number of fused-ring (bicyclic) bond motifs is 1. The normalized spacial score (nSPS) is 17.2. The molecule has 1 heterocycles. The summed E-state index contributed by atoms with van der Waals surface area (Å²) < 4.78 is 0. The molecule has 0 spiro atoms. The topological polar surface area (TPSA) is 95.1 Å². The highest BCUT2D eigenvalue weighted by Gasteiger charge is 2.42. The van der Waals surface area contributed by atoms with Gasteiger partial charge in [-0.3, -0.25) is 9.89 Å². The van der Waals surface area contributed by atoms with Crippen LogP contribution in [0.1, 0.15) is 36.0 Å². The Labute approximate surface area is 115 Å². The number of nitrogens with one attached hydrogen (secondary N) is 2. The molecular weight excluding hydrogens is 258 g/mol. The van der Waals surface area contributed by atoms with Crippen LogP contribution in [0.15, 0.2) is 24.4 Å². The summed E-state index contributed by atoms with van der Waals surface area (Å²) in [4.78, 5) is 23.7. The van der Waals surface area contributed by atoms with E-state index in [4.69, 9.17) is 0 Å². The third-order valence-electron chi connectivity index (χ3n) is 3.92. The average molecular weight is 273 g/mol. The SMILES string of the molecule is O=C(NC1(C(=O)O)CCCC1)c1ccc2cn[nH]c2c1. The van der Waals surface area contributed by atoms with E-state index in [1.54, 1.807) is 24.4 Å². The van der Waals surface area contributed by atoms with Crippen LogP contribution < -0.4 is 5.32 Å². The second-order valence-corrected chi connectivity index (χ2v) is 5.22. The first-order chi connectivity index (χ1) is 9.61. The van der Waals surface area contributed by atoms with E-state index >= 15 is 0 Å². The number of hydrogen-bond acceptors (Lipinski definition) is 3. The number of amides is 1. The lowest BCUT2D eigenvalue weighted by Gasteiger charge is -2.25. The van der Waals surface area contributed by atoms with E-state index in [0.717, 1.165) is 23.7 Å². The molecule has 0 unspecified atom stereocenters. The van der Waals surface area contributed by atoms with Crippen molar-refractivity contribution in [1.82, 2.24) is 15.5 Å². The molecule has 0 atom stereocenters. The fraction of sp³-hybridized carbons (Fsp3) is 0.357. The molecule has 0 aliphatic heterocycles. The number of aromatic amines is 1. The first-order valence-electron chi connectivity index (χ1n) is 6.60. The van der Waals surface area contributed by atoms with Crippen molar-refractivity contribution in [2.75, 3.05) is 0 Å². The maximum atomic E-state index is 12.3. The first kappa shape index (κ1) is 12.7. The molecule has 6 heteroatoms. The summed E-state index contributed by atoms with van der Waals surface area (Å²) >= 11 is 0. The average Bonchev–Trinajstić information content (AvgIpc) is 3.06. The van der Waals surface area contributed by atoms with Crippen molar-refractivity contribution in [3.63, 3.8) is 0 Å². The molecule has 1 aromatic carbocycles. The number of benzene rings is 1. The van der Waals surface area contributed by atoms with Crippen LogP contribution >= 0.6 is 0 Å². The van der Waals surface area contributed by atoms with E-state index in [0.29, 0.717) is 18.4 Å². The van der Waals surface area contributed by atoms with Gasteiger partial charge in [0.05, 0.1) is 11.7 Å². The smallest absolute Gasteiger partial charge is 0.329 e. The number of carbonyl (C=O) groups is 2. The largest absolute Gasteiger partial charge is 0.480 e. The Morgan fingerprint density at radius 1 is 1.30 bits per heavy atom.